The zero-order valence-corrected chi connectivity index (χ0v) is 11.2. The fourth-order valence-electron chi connectivity index (χ4n) is 1.64. The van der Waals surface area contributed by atoms with Crippen LogP contribution in [-0.4, -0.2) is 28.6 Å². The van der Waals surface area contributed by atoms with Gasteiger partial charge in [0.05, 0.1) is 6.42 Å². The molecule has 0 saturated carbocycles. The van der Waals surface area contributed by atoms with Crippen LogP contribution in [0.3, 0.4) is 0 Å². The minimum atomic E-state index is -0.842. The Morgan fingerprint density at radius 3 is 2.72 bits per heavy atom. The molecule has 0 aliphatic carbocycles. The number of rotatable bonds is 6. The van der Waals surface area contributed by atoms with Crippen LogP contribution in [0.15, 0.2) is 18.2 Å². The molecule has 1 N–H and O–H groups in total. The van der Waals surface area contributed by atoms with Crippen LogP contribution in [0, 0.1) is 5.82 Å². The minimum Gasteiger partial charge on any atom is -0.481 e. The average Bonchev–Trinajstić information content (AvgIpc) is 2.28. The third-order valence-electron chi connectivity index (χ3n) is 2.72. The Hall–Kier alpha value is -1.13. The van der Waals surface area contributed by atoms with E-state index in [-0.39, 0.29) is 18.3 Å². The van der Waals surface area contributed by atoms with Gasteiger partial charge in [-0.2, -0.15) is 0 Å². The molecule has 0 amide bonds. The predicted octanol–water partition coefficient (Wildman–Crippen LogP) is 3.16. The van der Waals surface area contributed by atoms with Crippen LogP contribution in [0.25, 0.3) is 0 Å². The summed E-state index contributed by atoms with van der Waals surface area (Å²) in [6.07, 6.45) is 0.0606. The van der Waals surface area contributed by atoms with Crippen LogP contribution >= 0.6 is 11.6 Å². The highest BCUT2D eigenvalue weighted by molar-refractivity contribution is 6.31. The van der Waals surface area contributed by atoms with Crippen LogP contribution in [-0.2, 0) is 11.3 Å². The van der Waals surface area contributed by atoms with Crippen molar-refractivity contribution in [1.82, 2.24) is 4.90 Å². The van der Waals surface area contributed by atoms with Gasteiger partial charge in [0, 0.05) is 24.2 Å². The second-order valence-corrected chi connectivity index (χ2v) is 4.85. The van der Waals surface area contributed by atoms with E-state index in [1.54, 1.807) is 0 Å². The molecule has 1 rings (SSSR count). The number of carboxylic acids is 1. The molecule has 0 heterocycles. The van der Waals surface area contributed by atoms with E-state index < -0.39 is 5.97 Å². The highest BCUT2D eigenvalue weighted by Crippen LogP contribution is 2.20. The van der Waals surface area contributed by atoms with Crippen LogP contribution < -0.4 is 0 Å². The summed E-state index contributed by atoms with van der Waals surface area (Å²) in [4.78, 5) is 12.5. The predicted molar refractivity (Wildman–Crippen MR) is 69.2 cm³/mol. The first-order valence-electron chi connectivity index (χ1n) is 5.80. The summed E-state index contributed by atoms with van der Waals surface area (Å²) in [6.45, 7) is 4.80. The maximum Gasteiger partial charge on any atom is 0.304 e. The quantitative estimate of drug-likeness (QED) is 0.865. The maximum absolute atomic E-state index is 13.1. The summed E-state index contributed by atoms with van der Waals surface area (Å²) in [5.41, 5.74) is 0.677. The first-order valence-corrected chi connectivity index (χ1v) is 6.17. The largest absolute Gasteiger partial charge is 0.481 e. The summed E-state index contributed by atoms with van der Waals surface area (Å²) in [5.74, 6) is -1.18. The number of nitrogens with zero attached hydrogens (tertiary/aromatic N) is 1. The van der Waals surface area contributed by atoms with Gasteiger partial charge in [0.25, 0.3) is 0 Å². The van der Waals surface area contributed by atoms with Gasteiger partial charge < -0.3 is 5.11 Å². The van der Waals surface area contributed by atoms with E-state index in [1.807, 2.05) is 18.7 Å². The topological polar surface area (TPSA) is 40.5 Å². The van der Waals surface area contributed by atoms with Crippen molar-refractivity contribution in [1.29, 1.82) is 0 Å². The minimum absolute atomic E-state index is 0.0606. The van der Waals surface area contributed by atoms with Crippen molar-refractivity contribution in [2.45, 2.75) is 32.9 Å². The number of carbonyl (C=O) groups is 1. The van der Waals surface area contributed by atoms with Gasteiger partial charge in [-0.15, -0.1) is 0 Å². The van der Waals surface area contributed by atoms with Gasteiger partial charge in [0.15, 0.2) is 0 Å². The highest BCUT2D eigenvalue weighted by atomic mass is 35.5. The number of halogens is 2. The lowest BCUT2D eigenvalue weighted by molar-refractivity contribution is -0.137. The molecule has 100 valence electrons. The Morgan fingerprint density at radius 2 is 2.17 bits per heavy atom. The third-order valence-corrected chi connectivity index (χ3v) is 3.09. The fourth-order valence-corrected chi connectivity index (χ4v) is 1.82. The molecule has 0 radical (unpaired) electrons. The lowest BCUT2D eigenvalue weighted by Gasteiger charge is -2.26. The zero-order valence-electron chi connectivity index (χ0n) is 10.5. The van der Waals surface area contributed by atoms with E-state index in [0.29, 0.717) is 23.7 Å². The van der Waals surface area contributed by atoms with E-state index in [1.165, 1.54) is 18.2 Å². The van der Waals surface area contributed by atoms with E-state index in [0.717, 1.165) is 0 Å². The van der Waals surface area contributed by atoms with Gasteiger partial charge in [-0.25, -0.2) is 4.39 Å². The van der Waals surface area contributed by atoms with Crippen molar-refractivity contribution < 1.29 is 14.3 Å². The molecule has 1 aromatic rings. The first kappa shape index (κ1) is 14.9. The highest BCUT2D eigenvalue weighted by Gasteiger charge is 2.14. The van der Waals surface area contributed by atoms with Crippen LogP contribution in [0.1, 0.15) is 25.8 Å². The molecule has 3 nitrogen and oxygen atoms in total. The fraction of sp³-hybridized carbons (Fsp3) is 0.462. The Labute approximate surface area is 111 Å². The van der Waals surface area contributed by atoms with E-state index in [4.69, 9.17) is 16.7 Å². The molecule has 5 heteroatoms. The van der Waals surface area contributed by atoms with E-state index in [2.05, 4.69) is 0 Å². The molecule has 0 aromatic heterocycles. The first-order chi connectivity index (χ1) is 8.40. The molecule has 0 aliphatic heterocycles. The molecule has 0 fully saturated rings. The van der Waals surface area contributed by atoms with Crippen LogP contribution in [0.2, 0.25) is 5.02 Å². The molecule has 0 aliphatic rings. The SMILES string of the molecule is CC(C)N(CCC(=O)O)Cc1cc(F)ccc1Cl. The number of aliphatic carboxylic acids is 1. The third kappa shape index (κ3) is 4.63. The van der Waals surface area contributed by atoms with Crippen molar-refractivity contribution in [3.63, 3.8) is 0 Å². The summed E-state index contributed by atoms with van der Waals surface area (Å²) >= 11 is 6.00. The van der Waals surface area contributed by atoms with Gasteiger partial charge >= 0.3 is 5.97 Å². The van der Waals surface area contributed by atoms with Crippen LogP contribution in [0.5, 0.6) is 0 Å². The molecule has 18 heavy (non-hydrogen) atoms. The average molecular weight is 274 g/mol. The van der Waals surface area contributed by atoms with Crippen molar-refractivity contribution in [2.75, 3.05) is 6.54 Å². The standard InChI is InChI=1S/C13H17ClFNO2/c1-9(2)16(6-5-13(17)18)8-10-7-11(15)3-4-12(10)14/h3-4,7,9H,5-6,8H2,1-2H3,(H,17,18). The lowest BCUT2D eigenvalue weighted by Crippen LogP contribution is -2.32. The van der Waals surface area contributed by atoms with Gasteiger partial charge in [0.2, 0.25) is 0 Å². The van der Waals surface area contributed by atoms with Crippen molar-refractivity contribution >= 4 is 17.6 Å². The smallest absolute Gasteiger partial charge is 0.304 e. The second kappa shape index (κ2) is 6.71. The van der Waals surface area contributed by atoms with Gasteiger partial charge in [0.1, 0.15) is 5.82 Å². The maximum atomic E-state index is 13.1. The number of benzene rings is 1. The summed E-state index contributed by atoms with van der Waals surface area (Å²) in [5, 5.41) is 9.19. The van der Waals surface area contributed by atoms with Crippen LogP contribution in [0.4, 0.5) is 4.39 Å². The zero-order chi connectivity index (χ0) is 13.7. The molecule has 0 atom stereocenters. The Bertz CT molecular complexity index is 423. The molecule has 0 saturated heterocycles. The Balaban J connectivity index is 2.76. The number of carboxylic acid groups (broad SMARTS) is 1. The summed E-state index contributed by atoms with van der Waals surface area (Å²) in [7, 11) is 0. The monoisotopic (exact) mass is 273 g/mol. The van der Waals surface area contributed by atoms with Crippen molar-refractivity contribution in [3.05, 3.63) is 34.6 Å². The Morgan fingerprint density at radius 1 is 1.50 bits per heavy atom. The molecular formula is C13H17ClFNO2. The van der Waals surface area contributed by atoms with Crippen molar-refractivity contribution in [2.24, 2.45) is 0 Å². The van der Waals surface area contributed by atoms with Gasteiger partial charge in [-0.1, -0.05) is 11.6 Å². The van der Waals surface area contributed by atoms with E-state index >= 15 is 0 Å². The normalized spacial score (nSPS) is 11.2. The van der Waals surface area contributed by atoms with Crippen molar-refractivity contribution in [3.8, 4) is 0 Å². The molecule has 0 spiro atoms. The second-order valence-electron chi connectivity index (χ2n) is 4.44. The van der Waals surface area contributed by atoms with Gasteiger partial charge in [-0.3, -0.25) is 9.69 Å². The Kier molecular flexibility index (Phi) is 5.56. The molecule has 1 aromatic carbocycles. The summed E-state index contributed by atoms with van der Waals surface area (Å²) < 4.78 is 13.1. The molecule has 0 unspecified atom stereocenters. The summed E-state index contributed by atoms with van der Waals surface area (Å²) in [6, 6.07) is 4.38. The molecule has 0 bridgehead atoms. The number of hydrogen-bond donors (Lipinski definition) is 1. The lowest BCUT2D eigenvalue weighted by atomic mass is 10.1. The number of hydrogen-bond acceptors (Lipinski definition) is 2. The molecular weight excluding hydrogens is 257 g/mol. The van der Waals surface area contributed by atoms with E-state index in [9.17, 15) is 9.18 Å². The van der Waals surface area contributed by atoms with Gasteiger partial charge in [-0.05, 0) is 37.6 Å².